The summed E-state index contributed by atoms with van der Waals surface area (Å²) >= 11 is 0. The molecule has 1 aromatic carbocycles. The SMILES string of the molecule is CNC(=O)NC(=O)[C@H](C)OC(=O)CNC(=O)c1cccc(C)c1. The number of ether oxygens (including phenoxy) is 1. The molecule has 0 aliphatic rings. The Bertz CT molecular complexity index is 615. The molecule has 0 aliphatic heterocycles. The van der Waals surface area contributed by atoms with Gasteiger partial charge in [-0.1, -0.05) is 17.7 Å². The Morgan fingerprint density at radius 3 is 2.52 bits per heavy atom. The molecule has 23 heavy (non-hydrogen) atoms. The summed E-state index contributed by atoms with van der Waals surface area (Å²) in [6.07, 6.45) is -1.16. The molecule has 8 heteroatoms. The predicted molar refractivity (Wildman–Crippen MR) is 81.7 cm³/mol. The van der Waals surface area contributed by atoms with Crippen molar-refractivity contribution in [3.05, 3.63) is 35.4 Å². The van der Waals surface area contributed by atoms with E-state index < -0.39 is 29.9 Å². The maximum Gasteiger partial charge on any atom is 0.326 e. The zero-order chi connectivity index (χ0) is 17.4. The number of esters is 1. The minimum absolute atomic E-state index is 0.385. The van der Waals surface area contributed by atoms with E-state index in [0.717, 1.165) is 5.56 Å². The van der Waals surface area contributed by atoms with Gasteiger partial charge in [0.15, 0.2) is 6.10 Å². The van der Waals surface area contributed by atoms with E-state index in [-0.39, 0.29) is 6.54 Å². The minimum atomic E-state index is -1.16. The van der Waals surface area contributed by atoms with Crippen LogP contribution in [0.25, 0.3) is 0 Å². The quantitative estimate of drug-likeness (QED) is 0.666. The van der Waals surface area contributed by atoms with Crippen molar-refractivity contribution >= 4 is 23.8 Å². The zero-order valence-corrected chi connectivity index (χ0v) is 13.1. The molecule has 0 aromatic heterocycles. The second-order valence-corrected chi connectivity index (χ2v) is 4.75. The number of rotatable bonds is 5. The van der Waals surface area contributed by atoms with E-state index in [4.69, 9.17) is 4.74 Å². The van der Waals surface area contributed by atoms with E-state index in [2.05, 4.69) is 10.6 Å². The van der Waals surface area contributed by atoms with Crippen LogP contribution in [0.2, 0.25) is 0 Å². The molecule has 0 heterocycles. The predicted octanol–water partition coefficient (Wildman–Crippen LogP) is 0.112. The average Bonchev–Trinajstić information content (AvgIpc) is 2.52. The number of amides is 4. The molecule has 0 aliphatic carbocycles. The number of hydrogen-bond donors (Lipinski definition) is 3. The third kappa shape index (κ3) is 6.16. The molecule has 4 amide bonds. The molecular weight excluding hydrogens is 302 g/mol. The maximum atomic E-state index is 11.9. The summed E-state index contributed by atoms with van der Waals surface area (Å²) in [5.41, 5.74) is 1.34. The molecule has 1 aromatic rings. The van der Waals surface area contributed by atoms with Crippen LogP contribution in [0.5, 0.6) is 0 Å². The molecule has 8 nitrogen and oxygen atoms in total. The Hall–Kier alpha value is -2.90. The summed E-state index contributed by atoms with van der Waals surface area (Å²) in [6.45, 7) is 2.78. The van der Waals surface area contributed by atoms with Crippen LogP contribution in [0.1, 0.15) is 22.8 Å². The average molecular weight is 321 g/mol. The lowest BCUT2D eigenvalue weighted by Crippen LogP contribution is -2.44. The number of aryl methyl sites for hydroxylation is 1. The lowest BCUT2D eigenvalue weighted by molar-refractivity contribution is -0.153. The van der Waals surface area contributed by atoms with Crippen LogP contribution in [-0.2, 0) is 14.3 Å². The Balaban J connectivity index is 2.43. The summed E-state index contributed by atoms with van der Waals surface area (Å²) < 4.78 is 4.82. The van der Waals surface area contributed by atoms with E-state index in [1.807, 2.05) is 18.3 Å². The number of hydrogen-bond acceptors (Lipinski definition) is 5. The summed E-state index contributed by atoms with van der Waals surface area (Å²) in [5.74, 6) is -1.97. The van der Waals surface area contributed by atoms with Gasteiger partial charge in [-0.2, -0.15) is 0 Å². The topological polar surface area (TPSA) is 114 Å². The number of urea groups is 1. The molecule has 0 radical (unpaired) electrons. The van der Waals surface area contributed by atoms with Gasteiger partial charge in [-0.15, -0.1) is 0 Å². The molecule has 0 bridgehead atoms. The Kier molecular flexibility index (Phi) is 6.72. The second-order valence-electron chi connectivity index (χ2n) is 4.75. The highest BCUT2D eigenvalue weighted by Gasteiger charge is 2.19. The van der Waals surface area contributed by atoms with E-state index >= 15 is 0 Å². The van der Waals surface area contributed by atoms with Crippen molar-refractivity contribution in [1.29, 1.82) is 0 Å². The number of nitrogens with one attached hydrogen (secondary N) is 3. The summed E-state index contributed by atoms with van der Waals surface area (Å²) in [6, 6.07) is 6.17. The van der Waals surface area contributed by atoms with Gasteiger partial charge in [0.25, 0.3) is 11.8 Å². The van der Waals surface area contributed by atoms with Gasteiger partial charge >= 0.3 is 12.0 Å². The molecular formula is C15H19N3O5. The minimum Gasteiger partial charge on any atom is -0.451 e. The monoisotopic (exact) mass is 321 g/mol. The molecule has 0 fully saturated rings. The van der Waals surface area contributed by atoms with Crippen molar-refractivity contribution in [2.45, 2.75) is 20.0 Å². The third-order valence-electron chi connectivity index (χ3n) is 2.81. The highest BCUT2D eigenvalue weighted by atomic mass is 16.5. The van der Waals surface area contributed by atoms with Crippen molar-refractivity contribution in [3.8, 4) is 0 Å². The van der Waals surface area contributed by atoms with Gasteiger partial charge in [-0.05, 0) is 26.0 Å². The van der Waals surface area contributed by atoms with Crippen LogP contribution in [-0.4, -0.2) is 43.5 Å². The van der Waals surface area contributed by atoms with Gasteiger partial charge in [0, 0.05) is 12.6 Å². The lowest BCUT2D eigenvalue weighted by Gasteiger charge is -2.13. The fourth-order valence-corrected chi connectivity index (χ4v) is 1.61. The van der Waals surface area contributed by atoms with Crippen molar-refractivity contribution in [1.82, 2.24) is 16.0 Å². The van der Waals surface area contributed by atoms with Crippen LogP contribution in [0.15, 0.2) is 24.3 Å². The summed E-state index contributed by atoms with van der Waals surface area (Å²) in [7, 11) is 1.35. The van der Waals surface area contributed by atoms with E-state index in [1.165, 1.54) is 14.0 Å². The number of imide groups is 1. The molecule has 0 unspecified atom stereocenters. The van der Waals surface area contributed by atoms with Gasteiger partial charge in [-0.3, -0.25) is 19.7 Å². The first-order valence-corrected chi connectivity index (χ1v) is 6.90. The highest BCUT2D eigenvalue weighted by molar-refractivity contribution is 5.98. The standard InChI is InChI=1S/C15H19N3O5/c1-9-5-4-6-11(7-9)14(21)17-8-12(19)23-10(2)13(20)18-15(22)16-3/h4-7,10H,8H2,1-3H3,(H,17,21)(H2,16,18,20,22)/t10-/m0/s1. The van der Waals surface area contributed by atoms with Gasteiger partial charge in [0.1, 0.15) is 6.54 Å². The molecule has 3 N–H and O–H groups in total. The van der Waals surface area contributed by atoms with E-state index in [9.17, 15) is 19.2 Å². The van der Waals surface area contributed by atoms with Crippen molar-refractivity contribution < 1.29 is 23.9 Å². The Morgan fingerprint density at radius 1 is 1.22 bits per heavy atom. The van der Waals surface area contributed by atoms with Crippen molar-refractivity contribution in [2.75, 3.05) is 13.6 Å². The van der Waals surface area contributed by atoms with Gasteiger partial charge in [-0.25, -0.2) is 4.79 Å². The summed E-state index contributed by atoms with van der Waals surface area (Å²) in [4.78, 5) is 45.9. The maximum absolute atomic E-state index is 11.9. The second kappa shape index (κ2) is 8.52. The van der Waals surface area contributed by atoms with E-state index in [1.54, 1.807) is 18.2 Å². The largest absolute Gasteiger partial charge is 0.451 e. The first-order valence-electron chi connectivity index (χ1n) is 6.90. The molecule has 0 saturated heterocycles. The van der Waals surface area contributed by atoms with Crippen LogP contribution in [0, 0.1) is 6.92 Å². The Morgan fingerprint density at radius 2 is 1.91 bits per heavy atom. The molecule has 0 spiro atoms. The van der Waals surface area contributed by atoms with Crippen molar-refractivity contribution in [3.63, 3.8) is 0 Å². The van der Waals surface area contributed by atoms with E-state index in [0.29, 0.717) is 5.56 Å². The fourth-order valence-electron chi connectivity index (χ4n) is 1.61. The Labute approximate surface area is 133 Å². The zero-order valence-electron chi connectivity index (χ0n) is 13.1. The fraction of sp³-hybridized carbons (Fsp3) is 0.333. The number of carbonyl (C=O) groups is 4. The molecule has 1 rings (SSSR count). The normalized spacial score (nSPS) is 11.1. The summed E-state index contributed by atoms with van der Waals surface area (Å²) in [5, 5.41) is 6.57. The van der Waals surface area contributed by atoms with Gasteiger partial charge < -0.3 is 15.4 Å². The first kappa shape index (κ1) is 18.1. The van der Waals surface area contributed by atoms with Crippen LogP contribution >= 0.6 is 0 Å². The van der Waals surface area contributed by atoms with Crippen LogP contribution < -0.4 is 16.0 Å². The van der Waals surface area contributed by atoms with Crippen LogP contribution in [0.3, 0.4) is 0 Å². The molecule has 0 saturated carbocycles. The first-order chi connectivity index (χ1) is 10.8. The third-order valence-corrected chi connectivity index (χ3v) is 2.81. The van der Waals surface area contributed by atoms with Gasteiger partial charge in [0.05, 0.1) is 0 Å². The number of carbonyl (C=O) groups excluding carboxylic acids is 4. The van der Waals surface area contributed by atoms with Gasteiger partial charge in [0.2, 0.25) is 0 Å². The van der Waals surface area contributed by atoms with Crippen LogP contribution in [0.4, 0.5) is 4.79 Å². The van der Waals surface area contributed by atoms with Crippen molar-refractivity contribution in [2.24, 2.45) is 0 Å². The smallest absolute Gasteiger partial charge is 0.326 e. The number of benzene rings is 1. The molecule has 124 valence electrons. The highest BCUT2D eigenvalue weighted by Crippen LogP contribution is 2.03. The molecule has 1 atom stereocenters. The lowest BCUT2D eigenvalue weighted by atomic mass is 10.1.